The largest absolute Gasteiger partial charge is 0.456 e. The summed E-state index contributed by atoms with van der Waals surface area (Å²) in [7, 11) is 0. The maximum Gasteiger partial charge on any atom is 0.341 e. The molecule has 0 radical (unpaired) electrons. The molecule has 1 atom stereocenters. The molecule has 0 aliphatic heterocycles. The van der Waals surface area contributed by atoms with Crippen LogP contribution in [0.4, 0.5) is 10.1 Å². The number of carbonyl (C=O) groups excluding carboxylic acids is 1. The lowest BCUT2D eigenvalue weighted by Crippen LogP contribution is -2.24. The van der Waals surface area contributed by atoms with Crippen LogP contribution in [0.3, 0.4) is 0 Å². The van der Waals surface area contributed by atoms with E-state index in [1.54, 1.807) is 33.8 Å². The molecule has 156 valence electrons. The van der Waals surface area contributed by atoms with E-state index in [1.807, 2.05) is 12.1 Å². The Bertz CT molecular complexity index is 1210. The van der Waals surface area contributed by atoms with E-state index in [1.165, 1.54) is 12.1 Å². The summed E-state index contributed by atoms with van der Waals surface area (Å²) < 4.78 is 19.8. The summed E-state index contributed by atoms with van der Waals surface area (Å²) in [4.78, 5) is 31.6. The number of H-pyrrole nitrogens is 1. The summed E-state index contributed by atoms with van der Waals surface area (Å²) in [5, 5.41) is 3.86. The first-order valence-electron chi connectivity index (χ1n) is 9.93. The molecular weight excluding hydrogens is 385 g/mol. The number of aromatic amines is 1. The molecule has 30 heavy (non-hydrogen) atoms. The lowest BCUT2D eigenvalue weighted by molar-refractivity contribution is 0.00648. The molecule has 0 saturated heterocycles. The van der Waals surface area contributed by atoms with Crippen LogP contribution in [0.25, 0.3) is 10.9 Å². The SMILES string of the molecule is Cc1nc2cc3c(cc2c(=O)[nH]1)[C@@H](Nc1ccc(C(=O)OC(C)(C)C)c(F)c1)CC3. The molecule has 0 bridgehead atoms. The van der Waals surface area contributed by atoms with Gasteiger partial charge in [0.05, 0.1) is 22.5 Å². The number of ether oxygens (including phenoxy) is 1. The van der Waals surface area contributed by atoms with Crippen molar-refractivity contribution in [2.45, 2.75) is 52.2 Å². The molecule has 0 unspecified atom stereocenters. The van der Waals surface area contributed by atoms with Gasteiger partial charge >= 0.3 is 5.97 Å². The molecule has 0 spiro atoms. The van der Waals surface area contributed by atoms with Gasteiger partial charge in [0.1, 0.15) is 17.2 Å². The van der Waals surface area contributed by atoms with Crippen LogP contribution in [0.5, 0.6) is 0 Å². The van der Waals surface area contributed by atoms with Crippen molar-refractivity contribution in [3.8, 4) is 0 Å². The van der Waals surface area contributed by atoms with E-state index in [4.69, 9.17) is 4.74 Å². The second-order valence-corrected chi connectivity index (χ2v) is 8.65. The minimum atomic E-state index is -0.692. The smallest absolute Gasteiger partial charge is 0.341 e. The van der Waals surface area contributed by atoms with Crippen molar-refractivity contribution in [2.24, 2.45) is 0 Å². The Hall–Kier alpha value is -3.22. The van der Waals surface area contributed by atoms with Gasteiger partial charge in [0, 0.05) is 5.69 Å². The van der Waals surface area contributed by atoms with Crippen LogP contribution in [-0.2, 0) is 11.2 Å². The molecular formula is C23H24FN3O3. The number of rotatable bonds is 3. The summed E-state index contributed by atoms with van der Waals surface area (Å²) in [6, 6.07) is 8.17. The Morgan fingerprint density at radius 2 is 2.03 bits per heavy atom. The zero-order valence-electron chi connectivity index (χ0n) is 17.4. The number of aryl methyl sites for hydroxylation is 2. The van der Waals surface area contributed by atoms with Crippen LogP contribution >= 0.6 is 0 Å². The number of aromatic nitrogens is 2. The van der Waals surface area contributed by atoms with E-state index in [-0.39, 0.29) is 17.2 Å². The molecule has 0 fully saturated rings. The highest BCUT2D eigenvalue weighted by Gasteiger charge is 2.25. The predicted octanol–water partition coefficient (Wildman–Crippen LogP) is 4.43. The van der Waals surface area contributed by atoms with Crippen molar-refractivity contribution >= 4 is 22.6 Å². The Labute approximate surface area is 173 Å². The Balaban J connectivity index is 1.60. The van der Waals surface area contributed by atoms with Crippen molar-refractivity contribution < 1.29 is 13.9 Å². The summed E-state index contributed by atoms with van der Waals surface area (Å²) >= 11 is 0. The normalized spacial score (nSPS) is 15.8. The highest BCUT2D eigenvalue weighted by atomic mass is 19.1. The van der Waals surface area contributed by atoms with E-state index < -0.39 is 17.4 Å². The summed E-state index contributed by atoms with van der Waals surface area (Å²) in [5.41, 5.74) is 2.43. The monoisotopic (exact) mass is 409 g/mol. The standard InChI is InChI=1S/C23H24FN3O3/c1-12-25-20-9-13-5-8-19(16(13)11-17(20)21(28)26-12)27-14-6-7-15(18(24)10-14)22(29)30-23(2,3)4/h6-7,9-11,19,27H,5,8H2,1-4H3,(H,25,26,28)/t19-/m0/s1. The van der Waals surface area contributed by atoms with E-state index in [0.29, 0.717) is 22.4 Å². The second-order valence-electron chi connectivity index (χ2n) is 8.65. The van der Waals surface area contributed by atoms with Crippen molar-refractivity contribution in [3.05, 3.63) is 69.0 Å². The topological polar surface area (TPSA) is 84.1 Å². The number of hydrogen-bond donors (Lipinski definition) is 2. The van der Waals surface area contributed by atoms with Crippen LogP contribution in [0.15, 0.2) is 35.1 Å². The number of esters is 1. The number of anilines is 1. The van der Waals surface area contributed by atoms with Crippen LogP contribution in [0.2, 0.25) is 0 Å². The van der Waals surface area contributed by atoms with E-state index >= 15 is 0 Å². The maximum atomic E-state index is 14.6. The predicted molar refractivity (Wildman–Crippen MR) is 113 cm³/mol. The fraction of sp³-hybridized carbons (Fsp3) is 0.348. The fourth-order valence-electron chi connectivity index (χ4n) is 3.81. The number of hydrogen-bond acceptors (Lipinski definition) is 5. The number of benzene rings is 2. The van der Waals surface area contributed by atoms with E-state index in [9.17, 15) is 14.0 Å². The maximum absolute atomic E-state index is 14.6. The van der Waals surface area contributed by atoms with Gasteiger partial charge in [-0.15, -0.1) is 0 Å². The van der Waals surface area contributed by atoms with Crippen LogP contribution in [-0.4, -0.2) is 21.5 Å². The molecule has 7 heteroatoms. The van der Waals surface area contributed by atoms with Gasteiger partial charge in [0.25, 0.3) is 5.56 Å². The highest BCUT2D eigenvalue weighted by Crippen LogP contribution is 2.36. The van der Waals surface area contributed by atoms with Crippen LogP contribution in [0, 0.1) is 12.7 Å². The zero-order valence-corrected chi connectivity index (χ0v) is 17.4. The van der Waals surface area contributed by atoms with Gasteiger partial charge < -0.3 is 15.0 Å². The molecule has 2 aromatic carbocycles. The summed E-state index contributed by atoms with van der Waals surface area (Å²) in [6.07, 6.45) is 1.66. The number of nitrogens with one attached hydrogen (secondary N) is 2. The van der Waals surface area contributed by atoms with E-state index in [2.05, 4.69) is 15.3 Å². The Morgan fingerprint density at radius 3 is 2.73 bits per heavy atom. The quantitative estimate of drug-likeness (QED) is 0.626. The lowest BCUT2D eigenvalue weighted by Gasteiger charge is -2.20. The van der Waals surface area contributed by atoms with Gasteiger partial charge in [-0.2, -0.15) is 0 Å². The van der Waals surface area contributed by atoms with Gasteiger partial charge in [-0.3, -0.25) is 4.79 Å². The van der Waals surface area contributed by atoms with Crippen molar-refractivity contribution in [3.63, 3.8) is 0 Å². The minimum absolute atomic E-state index is 0.0584. The number of fused-ring (bicyclic) bond motifs is 2. The Kier molecular flexibility index (Phi) is 4.84. The molecule has 4 rings (SSSR count). The third-order valence-electron chi connectivity index (χ3n) is 5.09. The average Bonchev–Trinajstić information content (AvgIpc) is 3.00. The first kappa shape index (κ1) is 20.1. The zero-order chi connectivity index (χ0) is 21.6. The van der Waals surface area contributed by atoms with Crippen LogP contribution < -0.4 is 10.9 Å². The molecule has 3 aromatic rings. The molecule has 6 nitrogen and oxygen atoms in total. The van der Waals surface area contributed by atoms with Gasteiger partial charge in [-0.05, 0) is 82.0 Å². The molecule has 0 saturated carbocycles. The van der Waals surface area contributed by atoms with Crippen LogP contribution in [0.1, 0.15) is 60.5 Å². The van der Waals surface area contributed by atoms with Crippen molar-refractivity contribution in [2.75, 3.05) is 5.32 Å². The molecule has 2 N–H and O–H groups in total. The summed E-state index contributed by atoms with van der Waals surface area (Å²) in [6.45, 7) is 6.97. The summed E-state index contributed by atoms with van der Waals surface area (Å²) in [5.74, 6) is -0.742. The van der Waals surface area contributed by atoms with Gasteiger partial charge in [0.15, 0.2) is 0 Å². The average molecular weight is 409 g/mol. The van der Waals surface area contributed by atoms with E-state index in [0.717, 1.165) is 24.0 Å². The lowest BCUT2D eigenvalue weighted by atomic mass is 10.0. The van der Waals surface area contributed by atoms with Gasteiger partial charge in [-0.1, -0.05) is 0 Å². The first-order chi connectivity index (χ1) is 14.1. The second kappa shape index (κ2) is 7.23. The highest BCUT2D eigenvalue weighted by molar-refractivity contribution is 5.90. The first-order valence-corrected chi connectivity index (χ1v) is 9.93. The Morgan fingerprint density at radius 1 is 1.27 bits per heavy atom. The van der Waals surface area contributed by atoms with Gasteiger partial charge in [0.2, 0.25) is 0 Å². The fourth-order valence-corrected chi connectivity index (χ4v) is 3.81. The minimum Gasteiger partial charge on any atom is -0.456 e. The molecule has 0 amide bonds. The third kappa shape index (κ3) is 3.92. The van der Waals surface area contributed by atoms with Crippen molar-refractivity contribution in [1.82, 2.24) is 9.97 Å². The molecule has 1 heterocycles. The molecule has 1 aliphatic carbocycles. The third-order valence-corrected chi connectivity index (χ3v) is 5.09. The van der Waals surface area contributed by atoms with Gasteiger partial charge in [-0.25, -0.2) is 14.2 Å². The molecule has 1 aromatic heterocycles. The number of carbonyl (C=O) groups is 1. The van der Waals surface area contributed by atoms with Crippen molar-refractivity contribution in [1.29, 1.82) is 0 Å². The number of nitrogens with zero attached hydrogens (tertiary/aromatic N) is 1. The molecule has 1 aliphatic rings. The number of halogens is 1.